The standard InChI is InChI=1S/C7H8N2O3S/c1-4(7(11)12)9-6(10)5-2-13-3-8-5/h2-4H,1H3,(H,9,10)(H,11,12)/t4-/m0/s1. The molecule has 2 N–H and O–H groups in total. The number of hydrogen-bond donors (Lipinski definition) is 2. The first-order chi connectivity index (χ1) is 6.11. The fourth-order valence-corrected chi connectivity index (χ4v) is 1.19. The van der Waals surface area contributed by atoms with Crippen LogP contribution in [-0.4, -0.2) is 28.0 Å². The van der Waals surface area contributed by atoms with E-state index < -0.39 is 17.9 Å². The van der Waals surface area contributed by atoms with E-state index in [0.29, 0.717) is 0 Å². The number of amides is 1. The summed E-state index contributed by atoms with van der Waals surface area (Å²) >= 11 is 1.28. The first kappa shape index (κ1) is 9.66. The molecule has 0 spiro atoms. The van der Waals surface area contributed by atoms with Crippen molar-refractivity contribution in [2.75, 3.05) is 0 Å². The van der Waals surface area contributed by atoms with Gasteiger partial charge in [-0.3, -0.25) is 9.59 Å². The van der Waals surface area contributed by atoms with Crippen molar-refractivity contribution >= 4 is 23.2 Å². The van der Waals surface area contributed by atoms with E-state index in [9.17, 15) is 9.59 Å². The summed E-state index contributed by atoms with van der Waals surface area (Å²) in [5.41, 5.74) is 1.76. The van der Waals surface area contributed by atoms with Crippen LogP contribution in [0, 0.1) is 0 Å². The molecule has 0 aliphatic rings. The summed E-state index contributed by atoms with van der Waals surface area (Å²) in [6.45, 7) is 1.40. The van der Waals surface area contributed by atoms with Gasteiger partial charge in [-0.15, -0.1) is 11.3 Å². The highest BCUT2D eigenvalue weighted by atomic mass is 32.1. The van der Waals surface area contributed by atoms with E-state index in [2.05, 4.69) is 10.3 Å². The third-order valence-electron chi connectivity index (χ3n) is 1.38. The Bertz CT molecular complexity index is 310. The maximum Gasteiger partial charge on any atom is 0.325 e. The third kappa shape index (κ3) is 2.51. The summed E-state index contributed by atoms with van der Waals surface area (Å²) in [6, 6.07) is -0.894. The third-order valence-corrected chi connectivity index (χ3v) is 1.97. The number of carboxylic acids is 1. The average molecular weight is 200 g/mol. The van der Waals surface area contributed by atoms with E-state index >= 15 is 0 Å². The molecular weight excluding hydrogens is 192 g/mol. The van der Waals surface area contributed by atoms with Gasteiger partial charge >= 0.3 is 5.97 Å². The Balaban J connectivity index is 2.56. The number of nitrogens with one attached hydrogen (secondary N) is 1. The summed E-state index contributed by atoms with van der Waals surface area (Å²) < 4.78 is 0. The highest BCUT2D eigenvalue weighted by molar-refractivity contribution is 7.07. The monoisotopic (exact) mass is 200 g/mol. The number of thiazole rings is 1. The van der Waals surface area contributed by atoms with E-state index in [1.807, 2.05) is 0 Å². The number of nitrogens with zero attached hydrogens (tertiary/aromatic N) is 1. The quantitative estimate of drug-likeness (QED) is 0.737. The smallest absolute Gasteiger partial charge is 0.325 e. The molecular formula is C7H8N2O3S. The van der Waals surface area contributed by atoms with Crippen LogP contribution in [0.1, 0.15) is 17.4 Å². The van der Waals surface area contributed by atoms with Crippen LogP contribution in [0.4, 0.5) is 0 Å². The van der Waals surface area contributed by atoms with Crippen LogP contribution in [0.3, 0.4) is 0 Å². The minimum absolute atomic E-state index is 0.248. The molecule has 1 heterocycles. The van der Waals surface area contributed by atoms with Crippen molar-refractivity contribution in [3.8, 4) is 0 Å². The van der Waals surface area contributed by atoms with Gasteiger partial charge in [-0.2, -0.15) is 0 Å². The second kappa shape index (κ2) is 3.99. The molecule has 0 aromatic carbocycles. The van der Waals surface area contributed by atoms with E-state index in [1.165, 1.54) is 23.8 Å². The Kier molecular flexibility index (Phi) is 2.97. The van der Waals surface area contributed by atoms with Gasteiger partial charge < -0.3 is 10.4 Å². The SMILES string of the molecule is C[C@H](NC(=O)c1cscn1)C(=O)O. The first-order valence-electron chi connectivity index (χ1n) is 3.53. The zero-order valence-electron chi connectivity index (χ0n) is 6.85. The second-order valence-corrected chi connectivity index (χ2v) is 3.13. The van der Waals surface area contributed by atoms with Crippen molar-refractivity contribution in [1.82, 2.24) is 10.3 Å². The Morgan fingerprint density at radius 3 is 2.85 bits per heavy atom. The number of carbonyl (C=O) groups excluding carboxylic acids is 1. The van der Waals surface area contributed by atoms with Gasteiger partial charge in [0.1, 0.15) is 11.7 Å². The molecule has 1 rings (SSSR count). The lowest BCUT2D eigenvalue weighted by atomic mass is 10.3. The lowest BCUT2D eigenvalue weighted by Gasteiger charge is -2.06. The van der Waals surface area contributed by atoms with Gasteiger partial charge in [0.2, 0.25) is 0 Å². The molecule has 0 saturated heterocycles. The molecule has 5 nitrogen and oxygen atoms in total. The predicted molar refractivity (Wildman–Crippen MR) is 46.7 cm³/mol. The summed E-state index contributed by atoms with van der Waals surface area (Å²) in [7, 11) is 0. The number of aromatic nitrogens is 1. The zero-order chi connectivity index (χ0) is 9.84. The molecule has 0 aliphatic heterocycles. The van der Waals surface area contributed by atoms with Crippen LogP contribution in [0.5, 0.6) is 0 Å². The van der Waals surface area contributed by atoms with Gasteiger partial charge in [0.25, 0.3) is 5.91 Å². The largest absolute Gasteiger partial charge is 0.480 e. The molecule has 13 heavy (non-hydrogen) atoms. The zero-order valence-corrected chi connectivity index (χ0v) is 7.67. The summed E-state index contributed by atoms with van der Waals surface area (Å²) in [5.74, 6) is -1.53. The van der Waals surface area contributed by atoms with E-state index in [1.54, 1.807) is 5.38 Å². The van der Waals surface area contributed by atoms with Crippen LogP contribution >= 0.6 is 11.3 Å². The number of carbonyl (C=O) groups is 2. The fraction of sp³-hybridized carbons (Fsp3) is 0.286. The predicted octanol–water partition coefficient (Wildman–Crippen LogP) is 0.346. The minimum atomic E-state index is -1.07. The fourth-order valence-electron chi connectivity index (χ4n) is 0.657. The molecule has 1 amide bonds. The van der Waals surface area contributed by atoms with E-state index in [0.717, 1.165) is 0 Å². The average Bonchev–Trinajstić information content (AvgIpc) is 2.55. The Morgan fingerprint density at radius 2 is 2.38 bits per heavy atom. The molecule has 0 fully saturated rings. The molecule has 6 heteroatoms. The molecule has 70 valence electrons. The number of aliphatic carboxylic acids is 1. The van der Waals surface area contributed by atoms with Crippen LogP contribution in [0.2, 0.25) is 0 Å². The van der Waals surface area contributed by atoms with Gasteiger partial charge in [-0.1, -0.05) is 0 Å². The number of carboxylic acid groups (broad SMARTS) is 1. The molecule has 1 aromatic rings. The van der Waals surface area contributed by atoms with Crippen LogP contribution in [0.25, 0.3) is 0 Å². The molecule has 0 unspecified atom stereocenters. The van der Waals surface area contributed by atoms with Crippen molar-refractivity contribution < 1.29 is 14.7 Å². The van der Waals surface area contributed by atoms with Crippen molar-refractivity contribution in [2.24, 2.45) is 0 Å². The summed E-state index contributed by atoms with van der Waals surface area (Å²) in [4.78, 5) is 25.3. The van der Waals surface area contributed by atoms with Crippen molar-refractivity contribution in [2.45, 2.75) is 13.0 Å². The summed E-state index contributed by atoms with van der Waals surface area (Å²) in [5, 5.41) is 12.3. The van der Waals surface area contributed by atoms with Crippen molar-refractivity contribution in [3.05, 3.63) is 16.6 Å². The van der Waals surface area contributed by atoms with Crippen LogP contribution < -0.4 is 5.32 Å². The number of hydrogen-bond acceptors (Lipinski definition) is 4. The van der Waals surface area contributed by atoms with Gasteiger partial charge in [-0.05, 0) is 6.92 Å². The van der Waals surface area contributed by atoms with Gasteiger partial charge in [0.15, 0.2) is 0 Å². The Morgan fingerprint density at radius 1 is 1.69 bits per heavy atom. The van der Waals surface area contributed by atoms with Crippen molar-refractivity contribution in [3.63, 3.8) is 0 Å². The van der Waals surface area contributed by atoms with E-state index in [-0.39, 0.29) is 5.69 Å². The van der Waals surface area contributed by atoms with Crippen LogP contribution in [-0.2, 0) is 4.79 Å². The normalized spacial score (nSPS) is 12.1. The maximum atomic E-state index is 11.2. The number of rotatable bonds is 3. The lowest BCUT2D eigenvalue weighted by Crippen LogP contribution is -2.38. The van der Waals surface area contributed by atoms with Crippen LogP contribution in [0.15, 0.2) is 10.9 Å². The highest BCUT2D eigenvalue weighted by Gasteiger charge is 2.15. The molecule has 0 aliphatic carbocycles. The molecule has 0 radical (unpaired) electrons. The topological polar surface area (TPSA) is 79.3 Å². The van der Waals surface area contributed by atoms with Gasteiger partial charge in [-0.25, -0.2) is 4.98 Å². The maximum absolute atomic E-state index is 11.2. The molecule has 0 bridgehead atoms. The van der Waals surface area contributed by atoms with E-state index in [4.69, 9.17) is 5.11 Å². The molecule has 0 saturated carbocycles. The van der Waals surface area contributed by atoms with Gasteiger partial charge in [0.05, 0.1) is 5.51 Å². The second-order valence-electron chi connectivity index (χ2n) is 2.41. The molecule has 1 atom stereocenters. The van der Waals surface area contributed by atoms with Crippen molar-refractivity contribution in [1.29, 1.82) is 0 Å². The Hall–Kier alpha value is -1.43. The first-order valence-corrected chi connectivity index (χ1v) is 4.47. The van der Waals surface area contributed by atoms with Gasteiger partial charge in [0, 0.05) is 5.38 Å². The highest BCUT2D eigenvalue weighted by Crippen LogP contribution is 2.00. The minimum Gasteiger partial charge on any atom is -0.480 e. The lowest BCUT2D eigenvalue weighted by molar-refractivity contribution is -0.138. The Labute approximate surface area is 78.4 Å². The summed E-state index contributed by atoms with van der Waals surface area (Å²) in [6.07, 6.45) is 0. The molecule has 1 aromatic heterocycles.